The highest BCUT2D eigenvalue weighted by Gasteiger charge is 2.25. The number of benzene rings is 1. The molecule has 0 aromatic heterocycles. The number of ether oxygens (including phenoxy) is 1. The van der Waals surface area contributed by atoms with Crippen LogP contribution in [0.25, 0.3) is 0 Å². The number of rotatable bonds is 2. The van der Waals surface area contributed by atoms with Gasteiger partial charge in [0.15, 0.2) is 0 Å². The molecule has 1 saturated heterocycles. The molecule has 1 heterocycles. The van der Waals surface area contributed by atoms with Crippen molar-refractivity contribution in [1.29, 1.82) is 0 Å². The molecule has 1 aromatic carbocycles. The summed E-state index contributed by atoms with van der Waals surface area (Å²) in [5, 5.41) is 0. The Kier molecular flexibility index (Phi) is 4.11. The molecule has 19 heavy (non-hydrogen) atoms. The van der Waals surface area contributed by atoms with Crippen LogP contribution in [0.4, 0.5) is 10.1 Å². The Hall–Kier alpha value is -1.13. The first kappa shape index (κ1) is 14.3. The number of halogens is 1. The molecule has 0 saturated carbocycles. The van der Waals surface area contributed by atoms with E-state index >= 15 is 0 Å². The van der Waals surface area contributed by atoms with Crippen molar-refractivity contribution >= 4 is 5.69 Å². The summed E-state index contributed by atoms with van der Waals surface area (Å²) in [6, 6.07) is 3.29. The van der Waals surface area contributed by atoms with Gasteiger partial charge in [-0.05, 0) is 51.0 Å². The Bertz CT molecular complexity index is 452. The summed E-state index contributed by atoms with van der Waals surface area (Å²) >= 11 is 0. The standard InChI is InChI=1S/C15H23FN2O/c1-9-5-15(13(12(4)17)6-14(9)16)18-7-10(2)19-11(3)8-18/h5-6,10-12H,7-8,17H2,1-4H3/t10?,11?,12-/m0/s1. The molecule has 0 spiro atoms. The summed E-state index contributed by atoms with van der Waals surface area (Å²) in [6.45, 7) is 9.43. The van der Waals surface area contributed by atoms with Crippen molar-refractivity contribution in [3.63, 3.8) is 0 Å². The Morgan fingerprint density at radius 2 is 1.89 bits per heavy atom. The average molecular weight is 266 g/mol. The third-order valence-corrected chi connectivity index (χ3v) is 3.56. The van der Waals surface area contributed by atoms with Crippen LogP contribution >= 0.6 is 0 Å². The summed E-state index contributed by atoms with van der Waals surface area (Å²) in [5.41, 5.74) is 8.55. The van der Waals surface area contributed by atoms with Crippen molar-refractivity contribution in [2.24, 2.45) is 5.73 Å². The lowest BCUT2D eigenvalue weighted by Gasteiger charge is -2.38. The third kappa shape index (κ3) is 3.07. The van der Waals surface area contributed by atoms with E-state index in [9.17, 15) is 4.39 Å². The Morgan fingerprint density at radius 1 is 1.32 bits per heavy atom. The number of hydrogen-bond donors (Lipinski definition) is 1. The minimum absolute atomic E-state index is 0.176. The zero-order valence-electron chi connectivity index (χ0n) is 12.1. The van der Waals surface area contributed by atoms with Gasteiger partial charge in [0.1, 0.15) is 5.82 Å². The lowest BCUT2D eigenvalue weighted by atomic mass is 10.0. The van der Waals surface area contributed by atoms with E-state index in [1.807, 2.05) is 13.0 Å². The van der Waals surface area contributed by atoms with Crippen LogP contribution in [0, 0.1) is 12.7 Å². The van der Waals surface area contributed by atoms with Gasteiger partial charge in [-0.25, -0.2) is 4.39 Å². The second-order valence-corrected chi connectivity index (χ2v) is 5.61. The summed E-state index contributed by atoms with van der Waals surface area (Å²) < 4.78 is 19.5. The van der Waals surface area contributed by atoms with Crippen LogP contribution in [0.5, 0.6) is 0 Å². The molecule has 106 valence electrons. The number of hydrogen-bond acceptors (Lipinski definition) is 3. The molecule has 2 N–H and O–H groups in total. The van der Waals surface area contributed by atoms with Gasteiger partial charge < -0.3 is 15.4 Å². The Labute approximate surface area is 114 Å². The van der Waals surface area contributed by atoms with E-state index < -0.39 is 0 Å². The average Bonchev–Trinajstić information content (AvgIpc) is 2.30. The smallest absolute Gasteiger partial charge is 0.126 e. The molecule has 3 nitrogen and oxygen atoms in total. The summed E-state index contributed by atoms with van der Waals surface area (Å²) in [4.78, 5) is 2.25. The number of aryl methyl sites for hydroxylation is 1. The molecular formula is C15H23FN2O. The SMILES string of the molecule is Cc1cc(N2CC(C)OC(C)C2)c([C@H](C)N)cc1F. The van der Waals surface area contributed by atoms with Crippen LogP contribution in [-0.2, 0) is 4.74 Å². The molecule has 0 radical (unpaired) electrons. The van der Waals surface area contributed by atoms with E-state index in [1.165, 1.54) is 0 Å². The highest BCUT2D eigenvalue weighted by Crippen LogP contribution is 2.30. The van der Waals surface area contributed by atoms with E-state index in [2.05, 4.69) is 18.7 Å². The maximum Gasteiger partial charge on any atom is 0.126 e. The fourth-order valence-corrected chi connectivity index (χ4v) is 2.69. The maximum absolute atomic E-state index is 13.7. The molecule has 0 amide bonds. The van der Waals surface area contributed by atoms with Crippen LogP contribution in [0.15, 0.2) is 12.1 Å². The van der Waals surface area contributed by atoms with E-state index in [4.69, 9.17) is 10.5 Å². The first-order chi connectivity index (χ1) is 8.88. The van der Waals surface area contributed by atoms with Gasteiger partial charge in [0.2, 0.25) is 0 Å². The molecular weight excluding hydrogens is 243 g/mol. The predicted molar refractivity (Wildman–Crippen MR) is 76.0 cm³/mol. The highest BCUT2D eigenvalue weighted by atomic mass is 19.1. The minimum Gasteiger partial charge on any atom is -0.372 e. The molecule has 4 heteroatoms. The zero-order valence-corrected chi connectivity index (χ0v) is 12.1. The van der Waals surface area contributed by atoms with Gasteiger partial charge in [0.05, 0.1) is 12.2 Å². The van der Waals surface area contributed by atoms with Gasteiger partial charge in [0.25, 0.3) is 0 Å². The molecule has 1 aromatic rings. The fourth-order valence-electron chi connectivity index (χ4n) is 2.69. The highest BCUT2D eigenvalue weighted by molar-refractivity contribution is 5.57. The number of nitrogens with two attached hydrogens (primary N) is 1. The largest absolute Gasteiger partial charge is 0.372 e. The zero-order chi connectivity index (χ0) is 14.2. The molecule has 1 aliphatic heterocycles. The number of anilines is 1. The van der Waals surface area contributed by atoms with E-state index in [1.54, 1.807) is 13.0 Å². The number of nitrogens with zero attached hydrogens (tertiary/aromatic N) is 1. The first-order valence-corrected chi connectivity index (χ1v) is 6.84. The monoisotopic (exact) mass is 266 g/mol. The van der Waals surface area contributed by atoms with Crippen molar-refractivity contribution in [1.82, 2.24) is 0 Å². The van der Waals surface area contributed by atoms with Gasteiger partial charge in [0, 0.05) is 24.8 Å². The third-order valence-electron chi connectivity index (χ3n) is 3.56. The van der Waals surface area contributed by atoms with Crippen molar-refractivity contribution in [2.45, 2.75) is 45.9 Å². The van der Waals surface area contributed by atoms with E-state index in [0.29, 0.717) is 5.56 Å². The normalized spacial score (nSPS) is 25.5. The van der Waals surface area contributed by atoms with Crippen LogP contribution in [0.2, 0.25) is 0 Å². The fraction of sp³-hybridized carbons (Fsp3) is 0.600. The lowest BCUT2D eigenvalue weighted by molar-refractivity contribution is -0.00528. The van der Waals surface area contributed by atoms with Crippen molar-refractivity contribution < 1.29 is 9.13 Å². The van der Waals surface area contributed by atoms with Crippen LogP contribution < -0.4 is 10.6 Å². The maximum atomic E-state index is 13.7. The van der Waals surface area contributed by atoms with Gasteiger partial charge in [-0.2, -0.15) is 0 Å². The van der Waals surface area contributed by atoms with Crippen molar-refractivity contribution in [3.05, 3.63) is 29.1 Å². The van der Waals surface area contributed by atoms with Gasteiger partial charge >= 0.3 is 0 Å². The quantitative estimate of drug-likeness (QED) is 0.894. The van der Waals surface area contributed by atoms with Crippen LogP contribution in [0.3, 0.4) is 0 Å². The Morgan fingerprint density at radius 3 is 2.42 bits per heavy atom. The molecule has 0 bridgehead atoms. The summed E-state index contributed by atoms with van der Waals surface area (Å²) in [6.07, 6.45) is 0.352. The van der Waals surface area contributed by atoms with Crippen LogP contribution in [0.1, 0.15) is 37.9 Å². The predicted octanol–water partition coefficient (Wildman–Crippen LogP) is 2.77. The topological polar surface area (TPSA) is 38.5 Å². The van der Waals surface area contributed by atoms with E-state index in [-0.39, 0.29) is 24.1 Å². The number of morpholine rings is 1. The summed E-state index contributed by atoms with van der Waals surface area (Å²) in [5.74, 6) is -0.189. The molecule has 0 aliphatic carbocycles. The van der Waals surface area contributed by atoms with E-state index in [0.717, 1.165) is 24.3 Å². The van der Waals surface area contributed by atoms with Crippen molar-refractivity contribution in [2.75, 3.05) is 18.0 Å². The van der Waals surface area contributed by atoms with Gasteiger partial charge in [-0.15, -0.1) is 0 Å². The minimum atomic E-state index is -0.189. The van der Waals surface area contributed by atoms with Gasteiger partial charge in [-0.3, -0.25) is 0 Å². The second kappa shape index (κ2) is 5.47. The molecule has 1 aliphatic rings. The Balaban J connectivity index is 2.40. The molecule has 1 fully saturated rings. The summed E-state index contributed by atoms with van der Waals surface area (Å²) in [7, 11) is 0. The lowest BCUT2D eigenvalue weighted by Crippen LogP contribution is -2.46. The second-order valence-electron chi connectivity index (χ2n) is 5.61. The molecule has 3 atom stereocenters. The van der Waals surface area contributed by atoms with Crippen LogP contribution in [-0.4, -0.2) is 25.3 Å². The first-order valence-electron chi connectivity index (χ1n) is 6.84. The van der Waals surface area contributed by atoms with Gasteiger partial charge in [-0.1, -0.05) is 0 Å². The van der Waals surface area contributed by atoms with Crippen molar-refractivity contribution in [3.8, 4) is 0 Å². The molecule has 2 unspecified atom stereocenters. The molecule has 2 rings (SSSR count).